The molecule has 30 heavy (non-hydrogen) atoms. The van der Waals surface area contributed by atoms with Crippen LogP contribution in [0.2, 0.25) is 0 Å². The number of hydrogen-bond donors (Lipinski definition) is 0. The Kier molecular flexibility index (Phi) is 6.73. The molecule has 0 spiro atoms. The van der Waals surface area contributed by atoms with Crippen molar-refractivity contribution >= 4 is 0 Å². The highest BCUT2D eigenvalue weighted by atomic mass is 16.5. The Hall–Kier alpha value is -2.75. The van der Waals surface area contributed by atoms with Crippen molar-refractivity contribution in [3.8, 4) is 22.8 Å². The van der Waals surface area contributed by atoms with E-state index in [0.717, 1.165) is 47.5 Å². The van der Waals surface area contributed by atoms with E-state index in [4.69, 9.17) is 14.5 Å². The molecule has 4 rings (SSSR count). The van der Waals surface area contributed by atoms with Gasteiger partial charge in [-0.25, -0.2) is 4.98 Å². The second-order valence-electron chi connectivity index (χ2n) is 8.18. The fourth-order valence-electron chi connectivity index (χ4n) is 4.38. The van der Waals surface area contributed by atoms with Gasteiger partial charge in [-0.2, -0.15) is 0 Å². The highest BCUT2D eigenvalue weighted by Gasteiger charge is 2.18. The minimum absolute atomic E-state index is 0.690. The summed E-state index contributed by atoms with van der Waals surface area (Å²) in [6.45, 7) is 3.76. The summed E-state index contributed by atoms with van der Waals surface area (Å²) in [6, 6.07) is 16.6. The number of nitrogens with zero attached hydrogens (tertiary/aromatic N) is 2. The number of benzene rings is 2. The van der Waals surface area contributed by atoms with Crippen molar-refractivity contribution in [2.45, 2.75) is 52.0 Å². The molecule has 3 aromatic rings. The van der Waals surface area contributed by atoms with Crippen LogP contribution < -0.4 is 9.47 Å². The zero-order chi connectivity index (χ0) is 20.8. The number of ether oxygens (including phenoxy) is 2. The van der Waals surface area contributed by atoms with E-state index in [1.807, 2.05) is 19.1 Å². The molecular formula is C26H32N2O2. The molecule has 0 unspecified atom stereocenters. The molecule has 1 aliphatic rings. The van der Waals surface area contributed by atoms with Gasteiger partial charge in [0.1, 0.15) is 17.3 Å². The van der Waals surface area contributed by atoms with Crippen LogP contribution in [-0.2, 0) is 13.0 Å². The van der Waals surface area contributed by atoms with Crippen LogP contribution in [0, 0.1) is 5.92 Å². The molecular weight excluding hydrogens is 372 g/mol. The minimum atomic E-state index is 0.690. The van der Waals surface area contributed by atoms with Crippen LogP contribution in [0.1, 0.15) is 50.4 Å². The molecule has 1 fully saturated rings. The van der Waals surface area contributed by atoms with Gasteiger partial charge in [0, 0.05) is 24.7 Å². The number of rotatable bonds is 8. The molecule has 1 heterocycles. The third-order valence-corrected chi connectivity index (χ3v) is 6.00. The summed E-state index contributed by atoms with van der Waals surface area (Å²) >= 11 is 0. The third kappa shape index (κ3) is 5.05. The molecule has 4 nitrogen and oxygen atoms in total. The maximum atomic E-state index is 5.59. The maximum Gasteiger partial charge on any atom is 0.119 e. The van der Waals surface area contributed by atoms with E-state index in [1.165, 1.54) is 37.7 Å². The molecule has 0 atom stereocenters. The zero-order valence-corrected chi connectivity index (χ0v) is 18.1. The Bertz CT molecular complexity index is 940. The second-order valence-corrected chi connectivity index (χ2v) is 8.18. The van der Waals surface area contributed by atoms with Crippen molar-refractivity contribution in [3.05, 3.63) is 66.1 Å². The van der Waals surface area contributed by atoms with Gasteiger partial charge in [0.15, 0.2) is 0 Å². The normalized spacial score (nSPS) is 14.6. The lowest BCUT2D eigenvalue weighted by atomic mass is 9.89. The van der Waals surface area contributed by atoms with Crippen LogP contribution in [0.5, 0.6) is 11.5 Å². The first-order valence-corrected chi connectivity index (χ1v) is 11.2. The van der Waals surface area contributed by atoms with E-state index in [9.17, 15) is 0 Å². The van der Waals surface area contributed by atoms with Gasteiger partial charge in [-0.1, -0.05) is 43.5 Å². The first kappa shape index (κ1) is 20.5. The molecule has 1 aliphatic carbocycles. The van der Waals surface area contributed by atoms with Crippen LogP contribution >= 0.6 is 0 Å². The average Bonchev–Trinajstić information content (AvgIpc) is 3.18. The van der Waals surface area contributed by atoms with Crippen molar-refractivity contribution in [2.75, 3.05) is 13.7 Å². The third-order valence-electron chi connectivity index (χ3n) is 6.00. The topological polar surface area (TPSA) is 36.3 Å². The van der Waals surface area contributed by atoms with Gasteiger partial charge in [0.25, 0.3) is 0 Å². The molecule has 0 aliphatic heterocycles. The Labute approximate surface area is 179 Å². The zero-order valence-electron chi connectivity index (χ0n) is 18.1. The monoisotopic (exact) mass is 404 g/mol. The fourth-order valence-corrected chi connectivity index (χ4v) is 4.38. The van der Waals surface area contributed by atoms with Gasteiger partial charge in [-0.05, 0) is 55.5 Å². The molecule has 0 N–H and O–H groups in total. The summed E-state index contributed by atoms with van der Waals surface area (Å²) in [6.07, 6.45) is 9.81. The first-order valence-electron chi connectivity index (χ1n) is 11.2. The number of hydrogen-bond acceptors (Lipinski definition) is 3. The smallest absolute Gasteiger partial charge is 0.119 e. The number of aromatic nitrogens is 2. The van der Waals surface area contributed by atoms with Crippen LogP contribution in [0.25, 0.3) is 11.3 Å². The van der Waals surface area contributed by atoms with E-state index in [0.29, 0.717) is 6.61 Å². The molecule has 4 heteroatoms. The van der Waals surface area contributed by atoms with Crippen molar-refractivity contribution < 1.29 is 9.47 Å². The molecule has 0 saturated heterocycles. The van der Waals surface area contributed by atoms with Gasteiger partial charge >= 0.3 is 0 Å². The van der Waals surface area contributed by atoms with Crippen LogP contribution in [-0.4, -0.2) is 23.3 Å². The standard InChI is InChI=1S/C26H32N2O2/c1-3-30-23-14-12-20(13-15-23)16-26-27-25(22-10-7-11-24(17-22)29-2)19-28(26)18-21-8-5-4-6-9-21/h7,10-15,17,19,21H,3-6,8-9,16,18H2,1-2H3. The van der Waals surface area contributed by atoms with Gasteiger partial charge in [0.05, 0.1) is 19.4 Å². The molecule has 1 saturated carbocycles. The van der Waals surface area contributed by atoms with Crippen LogP contribution in [0.4, 0.5) is 0 Å². The molecule has 158 valence electrons. The van der Waals surface area contributed by atoms with E-state index in [-0.39, 0.29) is 0 Å². The highest BCUT2D eigenvalue weighted by molar-refractivity contribution is 5.61. The summed E-state index contributed by atoms with van der Waals surface area (Å²) in [5.74, 6) is 3.67. The number of imidazole rings is 1. The predicted molar refractivity (Wildman–Crippen MR) is 121 cm³/mol. The quantitative estimate of drug-likeness (QED) is 0.453. The molecule has 2 aromatic carbocycles. The van der Waals surface area contributed by atoms with E-state index >= 15 is 0 Å². The van der Waals surface area contributed by atoms with E-state index in [1.54, 1.807) is 7.11 Å². The van der Waals surface area contributed by atoms with Crippen molar-refractivity contribution in [1.82, 2.24) is 9.55 Å². The van der Waals surface area contributed by atoms with Crippen molar-refractivity contribution in [2.24, 2.45) is 5.92 Å². The predicted octanol–water partition coefficient (Wildman–Crippen LogP) is 6.13. The number of methoxy groups -OCH3 is 1. The summed E-state index contributed by atoms with van der Waals surface area (Å²) in [5.41, 5.74) is 3.38. The molecule has 1 aromatic heterocycles. The average molecular weight is 405 g/mol. The largest absolute Gasteiger partial charge is 0.497 e. The second kappa shape index (κ2) is 9.84. The summed E-state index contributed by atoms with van der Waals surface area (Å²) in [5, 5.41) is 0. The summed E-state index contributed by atoms with van der Waals surface area (Å²) < 4.78 is 13.4. The van der Waals surface area contributed by atoms with Crippen LogP contribution in [0.3, 0.4) is 0 Å². The molecule has 0 amide bonds. The highest BCUT2D eigenvalue weighted by Crippen LogP contribution is 2.29. The Morgan fingerprint density at radius 2 is 1.80 bits per heavy atom. The van der Waals surface area contributed by atoms with Crippen molar-refractivity contribution in [3.63, 3.8) is 0 Å². The minimum Gasteiger partial charge on any atom is -0.497 e. The van der Waals surface area contributed by atoms with Gasteiger partial charge in [-0.3, -0.25) is 0 Å². The lowest BCUT2D eigenvalue weighted by Gasteiger charge is -2.22. The summed E-state index contributed by atoms with van der Waals surface area (Å²) in [4.78, 5) is 5.05. The van der Waals surface area contributed by atoms with E-state index < -0.39 is 0 Å². The molecule has 0 bridgehead atoms. The SMILES string of the molecule is CCOc1ccc(Cc2nc(-c3cccc(OC)c3)cn2CC2CCCCC2)cc1. The first-order chi connectivity index (χ1) is 14.7. The van der Waals surface area contributed by atoms with Gasteiger partial charge < -0.3 is 14.0 Å². The Morgan fingerprint density at radius 1 is 1.00 bits per heavy atom. The summed E-state index contributed by atoms with van der Waals surface area (Å²) in [7, 11) is 1.71. The maximum absolute atomic E-state index is 5.59. The van der Waals surface area contributed by atoms with Gasteiger partial charge in [0.2, 0.25) is 0 Å². The molecule has 0 radical (unpaired) electrons. The van der Waals surface area contributed by atoms with Gasteiger partial charge in [-0.15, -0.1) is 0 Å². The van der Waals surface area contributed by atoms with E-state index in [2.05, 4.69) is 47.2 Å². The fraction of sp³-hybridized carbons (Fsp3) is 0.423. The lowest BCUT2D eigenvalue weighted by Crippen LogP contribution is -2.15. The lowest BCUT2D eigenvalue weighted by molar-refractivity contribution is 0.316. The Balaban J connectivity index is 1.61. The Morgan fingerprint density at radius 3 is 2.53 bits per heavy atom. The van der Waals surface area contributed by atoms with Crippen LogP contribution in [0.15, 0.2) is 54.7 Å². The van der Waals surface area contributed by atoms with Crippen molar-refractivity contribution in [1.29, 1.82) is 0 Å².